The van der Waals surface area contributed by atoms with Crippen LogP contribution in [0.5, 0.6) is 11.5 Å². The monoisotopic (exact) mass is 376 g/mol. The summed E-state index contributed by atoms with van der Waals surface area (Å²) in [6.45, 7) is 9.23. The van der Waals surface area contributed by atoms with E-state index in [1.807, 2.05) is 76.2 Å². The van der Waals surface area contributed by atoms with Crippen LogP contribution in [0.25, 0.3) is 6.08 Å². The van der Waals surface area contributed by atoms with Crippen LogP contribution in [0.1, 0.15) is 43.6 Å². The highest BCUT2D eigenvalue weighted by molar-refractivity contribution is 6.06. The van der Waals surface area contributed by atoms with E-state index in [9.17, 15) is 4.79 Å². The summed E-state index contributed by atoms with van der Waals surface area (Å²) in [4.78, 5) is 12.3. The summed E-state index contributed by atoms with van der Waals surface area (Å²) in [5.74, 6) is 1.52. The Hall–Kier alpha value is -3.07. The Morgan fingerprint density at radius 2 is 1.21 bits per heavy atom. The lowest BCUT2D eigenvalue weighted by Gasteiger charge is -2.04. The third-order valence-corrected chi connectivity index (χ3v) is 3.93. The van der Waals surface area contributed by atoms with Gasteiger partial charge in [0.25, 0.3) is 0 Å². The first-order valence-corrected chi connectivity index (χ1v) is 9.39. The molecule has 0 saturated carbocycles. The Morgan fingerprint density at radius 3 is 1.68 bits per heavy atom. The molecule has 146 valence electrons. The molecule has 2 aromatic rings. The Bertz CT molecular complexity index is 846. The molecular weight excluding hydrogens is 348 g/mol. The van der Waals surface area contributed by atoms with Crippen molar-refractivity contribution in [1.82, 2.24) is 0 Å². The van der Waals surface area contributed by atoms with Gasteiger partial charge in [-0.3, -0.25) is 4.79 Å². The molecule has 0 radical (unpaired) electrons. The molecule has 0 N–H and O–H groups in total. The average molecular weight is 376 g/mol. The zero-order chi connectivity index (χ0) is 20.4. The van der Waals surface area contributed by atoms with Crippen LogP contribution in [0, 0.1) is 0 Å². The molecule has 0 aliphatic rings. The number of ketones is 1. The van der Waals surface area contributed by atoms with E-state index < -0.39 is 0 Å². The maximum absolute atomic E-state index is 12.3. The van der Waals surface area contributed by atoms with Gasteiger partial charge in [-0.15, -0.1) is 0 Å². The van der Waals surface area contributed by atoms with Crippen molar-refractivity contribution in [3.05, 3.63) is 89.0 Å². The lowest BCUT2D eigenvalue weighted by atomic mass is 10.1. The molecule has 3 heteroatoms. The molecular formula is C25H28O3. The van der Waals surface area contributed by atoms with Crippen LogP contribution in [0.3, 0.4) is 0 Å². The minimum atomic E-state index is -0.0419. The molecule has 0 bridgehead atoms. The van der Waals surface area contributed by atoms with Gasteiger partial charge >= 0.3 is 0 Å². The highest BCUT2D eigenvalue weighted by atomic mass is 16.5. The fourth-order valence-electron chi connectivity index (χ4n) is 2.27. The Labute approximate surface area is 168 Å². The van der Waals surface area contributed by atoms with E-state index in [1.165, 1.54) is 11.1 Å². The topological polar surface area (TPSA) is 35.5 Å². The molecule has 0 spiro atoms. The van der Waals surface area contributed by atoms with Crippen LogP contribution in [0.4, 0.5) is 0 Å². The summed E-state index contributed by atoms with van der Waals surface area (Å²) in [6, 6.07) is 14.9. The van der Waals surface area contributed by atoms with Crippen molar-refractivity contribution < 1.29 is 14.3 Å². The fraction of sp³-hybridized carbons (Fsp3) is 0.240. The quantitative estimate of drug-likeness (QED) is 0.294. The van der Waals surface area contributed by atoms with Crippen molar-refractivity contribution in [2.45, 2.75) is 27.7 Å². The first-order chi connectivity index (χ1) is 13.4. The molecule has 0 unspecified atom stereocenters. The summed E-state index contributed by atoms with van der Waals surface area (Å²) in [6.07, 6.45) is 7.43. The van der Waals surface area contributed by atoms with Gasteiger partial charge in [-0.25, -0.2) is 0 Å². The number of ether oxygens (including phenoxy) is 2. The average Bonchev–Trinajstić information content (AvgIpc) is 2.67. The molecule has 0 aromatic heterocycles. The largest absolute Gasteiger partial charge is 0.490 e. The van der Waals surface area contributed by atoms with Crippen LogP contribution in [-0.4, -0.2) is 19.0 Å². The summed E-state index contributed by atoms with van der Waals surface area (Å²) in [7, 11) is 0. The van der Waals surface area contributed by atoms with Crippen molar-refractivity contribution in [3.63, 3.8) is 0 Å². The molecule has 2 rings (SSSR count). The predicted octanol–water partition coefficient (Wildman–Crippen LogP) is 6.27. The zero-order valence-corrected chi connectivity index (χ0v) is 17.1. The first-order valence-electron chi connectivity index (χ1n) is 9.39. The Balaban J connectivity index is 1.90. The van der Waals surface area contributed by atoms with E-state index >= 15 is 0 Å². The normalized spacial score (nSPS) is 10.4. The van der Waals surface area contributed by atoms with Crippen molar-refractivity contribution in [2.75, 3.05) is 13.2 Å². The SMILES string of the molecule is CC(C)=CCOc1ccc(C=CC(=O)c2ccc(OCC=C(C)C)cc2)cc1. The van der Waals surface area contributed by atoms with Crippen LogP contribution in [0.2, 0.25) is 0 Å². The van der Waals surface area contributed by atoms with Crippen molar-refractivity contribution in [1.29, 1.82) is 0 Å². The van der Waals surface area contributed by atoms with E-state index in [0.29, 0.717) is 18.8 Å². The van der Waals surface area contributed by atoms with Crippen molar-refractivity contribution >= 4 is 11.9 Å². The van der Waals surface area contributed by atoms with E-state index in [4.69, 9.17) is 9.47 Å². The molecule has 2 aromatic carbocycles. The Kier molecular flexibility index (Phi) is 8.29. The molecule has 0 aliphatic heterocycles. The van der Waals surface area contributed by atoms with Crippen molar-refractivity contribution in [3.8, 4) is 11.5 Å². The maximum atomic E-state index is 12.3. The molecule has 0 heterocycles. The second kappa shape index (κ2) is 10.9. The standard InChI is InChI=1S/C25H28O3/c1-19(2)15-17-27-23-10-5-21(6-11-23)7-14-25(26)22-8-12-24(13-9-22)28-18-16-20(3)4/h5-16H,17-18H2,1-4H3. The van der Waals surface area contributed by atoms with Gasteiger partial charge in [0.15, 0.2) is 5.78 Å². The second-order valence-electron chi connectivity index (χ2n) is 6.98. The van der Waals surface area contributed by atoms with Crippen molar-refractivity contribution in [2.24, 2.45) is 0 Å². The molecule has 0 amide bonds. The minimum absolute atomic E-state index is 0.0419. The number of benzene rings is 2. The summed E-state index contributed by atoms with van der Waals surface area (Å²) in [5, 5.41) is 0. The zero-order valence-electron chi connectivity index (χ0n) is 17.1. The van der Waals surface area contributed by atoms with E-state index in [0.717, 1.165) is 17.1 Å². The van der Waals surface area contributed by atoms with Gasteiger partial charge in [0, 0.05) is 5.56 Å². The molecule has 0 fully saturated rings. The smallest absolute Gasteiger partial charge is 0.185 e. The van der Waals surface area contributed by atoms with Crippen LogP contribution >= 0.6 is 0 Å². The molecule has 0 aliphatic carbocycles. The number of carbonyl (C=O) groups excluding carboxylic acids is 1. The van der Waals surface area contributed by atoms with Gasteiger partial charge in [-0.05, 0) is 87.9 Å². The summed E-state index contributed by atoms with van der Waals surface area (Å²) >= 11 is 0. The van der Waals surface area contributed by atoms with Gasteiger partial charge < -0.3 is 9.47 Å². The van der Waals surface area contributed by atoms with Crippen LogP contribution in [-0.2, 0) is 0 Å². The van der Waals surface area contributed by atoms with Gasteiger partial charge in [0.1, 0.15) is 24.7 Å². The number of allylic oxidation sites excluding steroid dienone is 3. The third kappa shape index (κ3) is 7.67. The Morgan fingerprint density at radius 1 is 0.750 bits per heavy atom. The van der Waals surface area contributed by atoms with Crippen LogP contribution in [0.15, 0.2) is 77.9 Å². The van der Waals surface area contributed by atoms with E-state index in [2.05, 4.69) is 0 Å². The van der Waals surface area contributed by atoms with Gasteiger partial charge in [0.05, 0.1) is 0 Å². The summed E-state index contributed by atoms with van der Waals surface area (Å²) < 4.78 is 11.2. The van der Waals surface area contributed by atoms with E-state index in [1.54, 1.807) is 24.3 Å². The first kappa shape index (κ1) is 21.2. The second-order valence-corrected chi connectivity index (χ2v) is 6.98. The minimum Gasteiger partial charge on any atom is -0.490 e. The highest BCUT2D eigenvalue weighted by Gasteiger charge is 2.02. The lowest BCUT2D eigenvalue weighted by Crippen LogP contribution is -1.97. The summed E-state index contributed by atoms with van der Waals surface area (Å²) in [5.41, 5.74) is 4.02. The number of hydrogen-bond acceptors (Lipinski definition) is 3. The third-order valence-electron chi connectivity index (χ3n) is 3.93. The predicted molar refractivity (Wildman–Crippen MR) is 116 cm³/mol. The molecule has 28 heavy (non-hydrogen) atoms. The van der Waals surface area contributed by atoms with Crippen LogP contribution < -0.4 is 9.47 Å². The molecule has 0 saturated heterocycles. The molecule has 0 atom stereocenters. The van der Waals surface area contributed by atoms with Gasteiger partial charge in [-0.2, -0.15) is 0 Å². The maximum Gasteiger partial charge on any atom is 0.185 e. The lowest BCUT2D eigenvalue weighted by molar-refractivity contribution is 0.104. The number of hydrogen-bond donors (Lipinski definition) is 0. The van der Waals surface area contributed by atoms with E-state index in [-0.39, 0.29) is 5.78 Å². The molecule has 3 nitrogen and oxygen atoms in total. The van der Waals surface area contributed by atoms with Gasteiger partial charge in [-0.1, -0.05) is 29.4 Å². The van der Waals surface area contributed by atoms with Gasteiger partial charge in [0.2, 0.25) is 0 Å². The fourth-order valence-corrected chi connectivity index (χ4v) is 2.27. The number of rotatable bonds is 9. The number of carbonyl (C=O) groups is 1. The highest BCUT2D eigenvalue weighted by Crippen LogP contribution is 2.16.